The third-order valence-corrected chi connectivity index (χ3v) is 10.1. The summed E-state index contributed by atoms with van der Waals surface area (Å²) < 4.78 is 52.0. The zero-order chi connectivity index (χ0) is 30.6. The highest BCUT2D eigenvalue weighted by molar-refractivity contribution is 7.89. The van der Waals surface area contributed by atoms with E-state index in [2.05, 4.69) is 10.0 Å². The molecule has 0 aromatic heterocycles. The van der Waals surface area contributed by atoms with Gasteiger partial charge in [-0.2, -0.15) is 0 Å². The second kappa shape index (κ2) is 13.7. The number of fused-ring (bicyclic) bond motifs is 3. The Labute approximate surface area is 253 Å². The molecule has 0 saturated carbocycles. The summed E-state index contributed by atoms with van der Waals surface area (Å²) in [5.74, 6) is -0.695. The van der Waals surface area contributed by atoms with Crippen molar-refractivity contribution in [3.8, 4) is 23.0 Å². The molecule has 5 rings (SSSR count). The maximum atomic E-state index is 13.4. The first-order valence-electron chi connectivity index (χ1n) is 15.1. The molecule has 2 aliphatic heterocycles. The van der Waals surface area contributed by atoms with Crippen molar-refractivity contribution in [2.75, 3.05) is 45.9 Å². The SMILES string of the molecule is COc1cc(C2c3cc4c(cc3[C@@H](NS(=O)(=O)CCNCCCCCCCCN)[C@H]3COC(=O)[C@H]23)OCO4)cc(C)c1O. The van der Waals surface area contributed by atoms with Crippen molar-refractivity contribution in [3.05, 3.63) is 46.5 Å². The lowest BCUT2D eigenvalue weighted by atomic mass is 9.65. The zero-order valence-corrected chi connectivity index (χ0v) is 25.7. The van der Waals surface area contributed by atoms with Crippen molar-refractivity contribution in [2.24, 2.45) is 17.6 Å². The van der Waals surface area contributed by atoms with E-state index in [9.17, 15) is 18.3 Å². The van der Waals surface area contributed by atoms with Crippen LogP contribution in [0.25, 0.3) is 0 Å². The summed E-state index contributed by atoms with van der Waals surface area (Å²) in [7, 11) is -2.25. The number of ether oxygens (including phenoxy) is 4. The Morgan fingerprint density at radius 2 is 1.67 bits per heavy atom. The maximum Gasteiger partial charge on any atom is 0.310 e. The number of phenolic OH excluding ortho intramolecular Hbond substituents is 1. The highest BCUT2D eigenvalue weighted by atomic mass is 32.2. The third kappa shape index (κ3) is 6.87. The Hall–Kier alpha value is -3.06. The molecule has 1 aliphatic carbocycles. The molecule has 3 aliphatic rings. The van der Waals surface area contributed by atoms with Crippen LogP contribution in [0.2, 0.25) is 0 Å². The summed E-state index contributed by atoms with van der Waals surface area (Å²) >= 11 is 0. The molecule has 0 radical (unpaired) electrons. The molecular weight excluding hydrogens is 574 g/mol. The minimum absolute atomic E-state index is 0.0280. The summed E-state index contributed by atoms with van der Waals surface area (Å²) in [6.07, 6.45) is 6.64. The van der Waals surface area contributed by atoms with E-state index in [0.717, 1.165) is 56.3 Å². The molecule has 1 unspecified atom stereocenters. The summed E-state index contributed by atoms with van der Waals surface area (Å²) in [5.41, 5.74) is 8.35. The first-order valence-corrected chi connectivity index (χ1v) is 16.8. The van der Waals surface area contributed by atoms with Crippen LogP contribution in [0.4, 0.5) is 0 Å². The van der Waals surface area contributed by atoms with Gasteiger partial charge in [0.05, 0.1) is 31.4 Å². The second-order valence-electron chi connectivity index (χ2n) is 11.6. The molecule has 12 heteroatoms. The molecule has 0 bridgehead atoms. The van der Waals surface area contributed by atoms with Gasteiger partial charge < -0.3 is 35.1 Å². The largest absolute Gasteiger partial charge is 0.504 e. The average Bonchev–Trinajstić information content (AvgIpc) is 3.60. The summed E-state index contributed by atoms with van der Waals surface area (Å²) in [6.45, 7) is 3.72. The number of esters is 1. The van der Waals surface area contributed by atoms with Crippen molar-refractivity contribution in [2.45, 2.75) is 57.4 Å². The molecule has 0 spiro atoms. The fourth-order valence-corrected chi connectivity index (χ4v) is 7.73. The van der Waals surface area contributed by atoms with Gasteiger partial charge in [0.1, 0.15) is 0 Å². The molecule has 1 saturated heterocycles. The monoisotopic (exact) mass is 617 g/mol. The van der Waals surface area contributed by atoms with Crippen LogP contribution in [0.3, 0.4) is 0 Å². The molecule has 1 fully saturated rings. The summed E-state index contributed by atoms with van der Waals surface area (Å²) in [6, 6.07) is 6.50. The van der Waals surface area contributed by atoms with Crippen molar-refractivity contribution in [3.63, 3.8) is 0 Å². The Kier molecular flexibility index (Phi) is 10.0. The Balaban J connectivity index is 1.36. The van der Waals surface area contributed by atoms with E-state index in [1.165, 1.54) is 13.5 Å². The number of sulfonamides is 1. The third-order valence-electron chi connectivity index (χ3n) is 8.72. The molecule has 2 aromatic carbocycles. The molecule has 2 aromatic rings. The van der Waals surface area contributed by atoms with Crippen LogP contribution in [-0.4, -0.2) is 65.4 Å². The smallest absolute Gasteiger partial charge is 0.310 e. The highest BCUT2D eigenvalue weighted by Crippen LogP contribution is 2.55. The van der Waals surface area contributed by atoms with Crippen LogP contribution in [0, 0.1) is 18.8 Å². The minimum atomic E-state index is -3.72. The number of benzene rings is 2. The van der Waals surface area contributed by atoms with Crippen LogP contribution in [0.15, 0.2) is 24.3 Å². The number of unbranched alkanes of at least 4 members (excludes halogenated alkanes) is 5. The van der Waals surface area contributed by atoms with Gasteiger partial charge >= 0.3 is 5.97 Å². The van der Waals surface area contributed by atoms with E-state index >= 15 is 0 Å². The van der Waals surface area contributed by atoms with Gasteiger partial charge in [0.2, 0.25) is 16.8 Å². The Morgan fingerprint density at radius 1 is 0.977 bits per heavy atom. The van der Waals surface area contributed by atoms with Gasteiger partial charge in [-0.15, -0.1) is 0 Å². The predicted octanol–water partition coefficient (Wildman–Crippen LogP) is 3.22. The standard InChI is InChI=1S/C31H43N3O8S/c1-19-13-20(14-26(39-2)30(19)35)27-21-15-24-25(42-18-41-24)16-22(21)29(23-17-40-31(36)28(23)27)34-43(37,38)12-11-33-10-8-6-4-3-5-7-9-32/h13-16,23,27-29,33-35H,3-12,17-18,32H2,1-2H3/t23-,27?,28-,29+/m0/s1. The van der Waals surface area contributed by atoms with Crippen molar-refractivity contribution < 1.29 is 37.3 Å². The molecule has 11 nitrogen and oxygen atoms in total. The lowest BCUT2D eigenvalue weighted by Crippen LogP contribution is -2.44. The number of nitrogens with one attached hydrogen (secondary N) is 2. The fourth-order valence-electron chi connectivity index (χ4n) is 6.51. The first-order chi connectivity index (χ1) is 20.7. The van der Waals surface area contributed by atoms with Gasteiger partial charge in [0, 0.05) is 18.4 Å². The average molecular weight is 618 g/mol. The summed E-state index contributed by atoms with van der Waals surface area (Å²) in [5, 5.41) is 13.7. The number of phenols is 1. The van der Waals surface area contributed by atoms with Gasteiger partial charge in [0.25, 0.3) is 0 Å². The van der Waals surface area contributed by atoms with Crippen LogP contribution in [-0.2, 0) is 19.6 Å². The number of aryl methyl sites for hydroxylation is 1. The van der Waals surface area contributed by atoms with Gasteiger partial charge in [-0.1, -0.05) is 31.7 Å². The topological polar surface area (TPSA) is 158 Å². The number of cyclic esters (lactones) is 1. The molecular formula is C31H43N3O8S. The van der Waals surface area contributed by atoms with Gasteiger partial charge in [0.15, 0.2) is 23.0 Å². The predicted molar refractivity (Wildman–Crippen MR) is 161 cm³/mol. The van der Waals surface area contributed by atoms with E-state index in [1.807, 2.05) is 18.2 Å². The van der Waals surface area contributed by atoms with E-state index in [0.29, 0.717) is 34.9 Å². The van der Waals surface area contributed by atoms with Crippen molar-refractivity contribution >= 4 is 16.0 Å². The molecule has 5 N–H and O–H groups in total. The normalized spacial score (nSPS) is 22.3. The van der Waals surface area contributed by atoms with Crippen LogP contribution >= 0.6 is 0 Å². The van der Waals surface area contributed by atoms with E-state index < -0.39 is 39.8 Å². The maximum absolute atomic E-state index is 13.4. The van der Waals surface area contributed by atoms with E-state index in [4.69, 9.17) is 24.7 Å². The number of nitrogens with two attached hydrogens (primary N) is 1. The van der Waals surface area contributed by atoms with Crippen LogP contribution in [0.5, 0.6) is 23.0 Å². The number of methoxy groups -OCH3 is 1. The second-order valence-corrected chi connectivity index (χ2v) is 13.5. The molecule has 43 heavy (non-hydrogen) atoms. The van der Waals surface area contributed by atoms with Gasteiger partial charge in [-0.25, -0.2) is 13.1 Å². The van der Waals surface area contributed by atoms with Gasteiger partial charge in [-0.3, -0.25) is 4.79 Å². The molecule has 236 valence electrons. The van der Waals surface area contributed by atoms with Crippen molar-refractivity contribution in [1.82, 2.24) is 10.0 Å². The quantitative estimate of drug-likeness (QED) is 0.173. The number of aromatic hydroxyl groups is 1. The molecule has 0 amide bonds. The Bertz CT molecular complexity index is 1420. The lowest BCUT2D eigenvalue weighted by Gasteiger charge is -2.39. The fraction of sp³-hybridized carbons (Fsp3) is 0.581. The van der Waals surface area contributed by atoms with Crippen LogP contribution < -0.4 is 30.0 Å². The molecule has 2 heterocycles. The highest BCUT2D eigenvalue weighted by Gasteiger charge is 2.53. The van der Waals surface area contributed by atoms with E-state index in [1.54, 1.807) is 13.0 Å². The minimum Gasteiger partial charge on any atom is -0.504 e. The van der Waals surface area contributed by atoms with Crippen molar-refractivity contribution in [1.29, 1.82) is 0 Å². The number of hydrogen-bond acceptors (Lipinski definition) is 10. The van der Waals surface area contributed by atoms with Gasteiger partial charge in [-0.05, 0) is 73.3 Å². The first kappa shape index (κ1) is 31.4. The van der Waals surface area contributed by atoms with Crippen LogP contribution in [0.1, 0.15) is 72.7 Å². The number of carbonyl (C=O) groups is 1. The Morgan fingerprint density at radius 3 is 2.40 bits per heavy atom. The summed E-state index contributed by atoms with van der Waals surface area (Å²) in [4.78, 5) is 13.3. The number of hydrogen-bond donors (Lipinski definition) is 4. The molecule has 4 atom stereocenters. The number of rotatable bonds is 15. The number of carbonyl (C=O) groups excluding carboxylic acids is 1. The van der Waals surface area contributed by atoms with E-state index in [-0.39, 0.29) is 24.9 Å². The zero-order valence-electron chi connectivity index (χ0n) is 24.9. The lowest BCUT2D eigenvalue weighted by molar-refractivity contribution is -0.141.